The standard InChI is InChI=1S/C17H25N3O2S/c1-13(2)23(22)18-14(3)16-5-7-17(8-6-16)20-11-9-19(10-12-20)15(4)21/h5-8,13H,9-12H2,1-4H3/t23-/m0/s1. The van der Waals surface area contributed by atoms with Crippen molar-refractivity contribution in [2.45, 2.75) is 32.9 Å². The maximum absolute atomic E-state index is 11.8. The van der Waals surface area contributed by atoms with Crippen LogP contribution in [-0.2, 0) is 15.8 Å². The molecule has 1 atom stereocenters. The summed E-state index contributed by atoms with van der Waals surface area (Å²) in [6.45, 7) is 10.5. The lowest BCUT2D eigenvalue weighted by Crippen LogP contribution is -2.48. The van der Waals surface area contributed by atoms with Crippen LogP contribution in [-0.4, -0.2) is 52.2 Å². The molecule has 6 heteroatoms. The molecule has 0 unspecified atom stereocenters. The monoisotopic (exact) mass is 335 g/mol. The Morgan fingerprint density at radius 2 is 1.65 bits per heavy atom. The Labute approximate surface area is 141 Å². The zero-order valence-corrected chi connectivity index (χ0v) is 15.1. The van der Waals surface area contributed by atoms with Gasteiger partial charge in [-0.15, -0.1) is 0 Å². The quantitative estimate of drug-likeness (QED) is 0.793. The lowest BCUT2D eigenvalue weighted by molar-refractivity contribution is -0.129. The molecule has 1 aliphatic heterocycles. The van der Waals surface area contributed by atoms with Crippen LogP contribution in [0.2, 0.25) is 0 Å². The van der Waals surface area contributed by atoms with E-state index in [0.717, 1.165) is 43.1 Å². The van der Waals surface area contributed by atoms with Crippen LogP contribution in [0.1, 0.15) is 33.3 Å². The second-order valence-corrected chi connectivity index (χ2v) is 7.72. The number of piperazine rings is 1. The van der Waals surface area contributed by atoms with Gasteiger partial charge in [-0.25, -0.2) is 4.21 Å². The molecule has 1 aromatic rings. The summed E-state index contributed by atoms with van der Waals surface area (Å²) in [6.07, 6.45) is 0. The largest absolute Gasteiger partial charge is 0.368 e. The van der Waals surface area contributed by atoms with Crippen molar-refractivity contribution in [1.82, 2.24) is 4.90 Å². The predicted octanol–water partition coefficient (Wildman–Crippen LogP) is 2.24. The first-order valence-electron chi connectivity index (χ1n) is 7.95. The van der Waals surface area contributed by atoms with E-state index in [9.17, 15) is 9.00 Å². The number of anilines is 1. The second-order valence-electron chi connectivity index (χ2n) is 6.04. The van der Waals surface area contributed by atoms with E-state index in [1.54, 1.807) is 6.92 Å². The maximum Gasteiger partial charge on any atom is 0.219 e. The summed E-state index contributed by atoms with van der Waals surface area (Å²) < 4.78 is 16.1. The molecule has 1 saturated heterocycles. The van der Waals surface area contributed by atoms with Gasteiger partial charge in [0, 0.05) is 38.8 Å². The molecular weight excluding hydrogens is 310 g/mol. The third-order valence-corrected chi connectivity index (χ3v) is 5.27. The Balaban J connectivity index is 2.03. The second kappa shape index (κ2) is 7.73. The number of hydrogen-bond acceptors (Lipinski definition) is 3. The van der Waals surface area contributed by atoms with Crippen molar-refractivity contribution in [2.75, 3.05) is 31.1 Å². The van der Waals surface area contributed by atoms with Crippen LogP contribution in [0, 0.1) is 0 Å². The van der Waals surface area contributed by atoms with Crippen molar-refractivity contribution in [2.24, 2.45) is 4.40 Å². The Morgan fingerprint density at radius 3 is 2.13 bits per heavy atom. The molecule has 5 nitrogen and oxygen atoms in total. The molecule has 0 spiro atoms. The van der Waals surface area contributed by atoms with Gasteiger partial charge in [0.25, 0.3) is 0 Å². The fraction of sp³-hybridized carbons (Fsp3) is 0.529. The molecule has 2 rings (SSSR count). The first kappa shape index (κ1) is 17.7. The molecule has 0 radical (unpaired) electrons. The summed E-state index contributed by atoms with van der Waals surface area (Å²) in [5.74, 6) is 0.144. The first-order valence-corrected chi connectivity index (χ1v) is 9.12. The van der Waals surface area contributed by atoms with E-state index in [2.05, 4.69) is 21.4 Å². The summed E-state index contributed by atoms with van der Waals surface area (Å²) in [4.78, 5) is 15.5. The SMILES string of the molecule is CC(=O)N1CCN(c2ccc(C(C)=N[S@@](=O)C(C)C)cc2)CC1. The van der Waals surface area contributed by atoms with Gasteiger partial charge in [0.05, 0.1) is 11.0 Å². The van der Waals surface area contributed by atoms with E-state index < -0.39 is 11.0 Å². The lowest BCUT2D eigenvalue weighted by Gasteiger charge is -2.35. The smallest absolute Gasteiger partial charge is 0.219 e. The molecular formula is C17H25N3O2S. The van der Waals surface area contributed by atoms with Crippen molar-refractivity contribution in [3.05, 3.63) is 29.8 Å². The van der Waals surface area contributed by atoms with Crippen LogP contribution in [0.15, 0.2) is 28.7 Å². The molecule has 0 N–H and O–H groups in total. The van der Waals surface area contributed by atoms with Gasteiger partial charge in [-0.2, -0.15) is 4.40 Å². The predicted molar refractivity (Wildman–Crippen MR) is 96.4 cm³/mol. The number of amides is 1. The molecule has 126 valence electrons. The number of benzene rings is 1. The molecule has 0 aliphatic carbocycles. The normalized spacial score (nSPS) is 17.5. The van der Waals surface area contributed by atoms with Crippen molar-refractivity contribution in [3.8, 4) is 0 Å². The zero-order chi connectivity index (χ0) is 17.0. The highest BCUT2D eigenvalue weighted by Gasteiger charge is 2.18. The Morgan fingerprint density at radius 1 is 1.09 bits per heavy atom. The maximum atomic E-state index is 11.8. The molecule has 0 bridgehead atoms. The first-order chi connectivity index (χ1) is 10.9. The van der Waals surface area contributed by atoms with Crippen LogP contribution in [0.25, 0.3) is 0 Å². The van der Waals surface area contributed by atoms with Crippen molar-refractivity contribution in [3.63, 3.8) is 0 Å². The topological polar surface area (TPSA) is 53.0 Å². The molecule has 0 aromatic heterocycles. The summed E-state index contributed by atoms with van der Waals surface area (Å²) in [6, 6.07) is 8.16. The van der Waals surface area contributed by atoms with Gasteiger partial charge in [0.15, 0.2) is 0 Å². The van der Waals surface area contributed by atoms with Crippen LogP contribution < -0.4 is 4.90 Å². The summed E-state index contributed by atoms with van der Waals surface area (Å²) in [7, 11) is -1.18. The van der Waals surface area contributed by atoms with Gasteiger partial charge in [0.1, 0.15) is 11.0 Å². The Kier molecular flexibility index (Phi) is 5.93. The number of rotatable bonds is 4. The van der Waals surface area contributed by atoms with Crippen LogP contribution >= 0.6 is 0 Å². The van der Waals surface area contributed by atoms with Crippen LogP contribution in [0.3, 0.4) is 0 Å². The van der Waals surface area contributed by atoms with Gasteiger partial charge >= 0.3 is 0 Å². The van der Waals surface area contributed by atoms with Crippen LogP contribution in [0.4, 0.5) is 5.69 Å². The summed E-state index contributed by atoms with van der Waals surface area (Å²) in [5, 5.41) is 0.0294. The highest BCUT2D eigenvalue weighted by molar-refractivity contribution is 7.84. The molecule has 1 heterocycles. The van der Waals surface area contributed by atoms with Gasteiger partial charge in [0.2, 0.25) is 5.91 Å². The number of hydrogen-bond donors (Lipinski definition) is 0. The van der Waals surface area contributed by atoms with Gasteiger partial charge in [-0.3, -0.25) is 4.79 Å². The van der Waals surface area contributed by atoms with Crippen molar-refractivity contribution in [1.29, 1.82) is 0 Å². The van der Waals surface area contributed by atoms with Gasteiger partial charge in [-0.05, 0) is 38.5 Å². The highest BCUT2D eigenvalue weighted by Crippen LogP contribution is 2.18. The van der Waals surface area contributed by atoms with Gasteiger partial charge < -0.3 is 9.80 Å². The van der Waals surface area contributed by atoms with E-state index in [-0.39, 0.29) is 11.2 Å². The summed E-state index contributed by atoms with van der Waals surface area (Å²) in [5.41, 5.74) is 2.94. The fourth-order valence-electron chi connectivity index (χ4n) is 2.49. The molecule has 1 fully saturated rings. The Hall–Kier alpha value is -1.69. The van der Waals surface area contributed by atoms with E-state index in [0.29, 0.717) is 0 Å². The average Bonchev–Trinajstić information content (AvgIpc) is 2.55. The minimum atomic E-state index is -1.18. The highest BCUT2D eigenvalue weighted by atomic mass is 32.2. The van der Waals surface area contributed by atoms with Crippen molar-refractivity contribution < 1.29 is 9.00 Å². The van der Waals surface area contributed by atoms with Gasteiger partial charge in [-0.1, -0.05) is 12.1 Å². The van der Waals surface area contributed by atoms with E-state index in [1.165, 1.54) is 0 Å². The number of nitrogens with zero attached hydrogens (tertiary/aromatic N) is 3. The minimum Gasteiger partial charge on any atom is -0.368 e. The number of carbonyl (C=O) groups excluding carboxylic acids is 1. The van der Waals surface area contributed by atoms with Crippen LogP contribution in [0.5, 0.6) is 0 Å². The zero-order valence-electron chi connectivity index (χ0n) is 14.3. The Bertz CT molecular complexity index is 603. The molecule has 1 aliphatic rings. The van der Waals surface area contributed by atoms with Crippen molar-refractivity contribution >= 4 is 28.3 Å². The molecule has 0 saturated carbocycles. The van der Waals surface area contributed by atoms with E-state index in [1.807, 2.05) is 37.8 Å². The fourth-order valence-corrected chi connectivity index (χ4v) is 3.07. The number of carbonyl (C=O) groups is 1. The minimum absolute atomic E-state index is 0.0294. The third kappa shape index (κ3) is 4.64. The molecule has 1 amide bonds. The molecule has 1 aromatic carbocycles. The summed E-state index contributed by atoms with van der Waals surface area (Å²) >= 11 is 0. The van der Waals surface area contributed by atoms with E-state index >= 15 is 0 Å². The lowest BCUT2D eigenvalue weighted by atomic mass is 10.1. The molecule has 23 heavy (non-hydrogen) atoms. The third-order valence-electron chi connectivity index (χ3n) is 4.01. The average molecular weight is 335 g/mol. The van der Waals surface area contributed by atoms with E-state index in [4.69, 9.17) is 0 Å².